The zero-order valence-corrected chi connectivity index (χ0v) is 19.0. The van der Waals surface area contributed by atoms with E-state index < -0.39 is 17.9 Å². The molecule has 182 valence electrons. The van der Waals surface area contributed by atoms with Crippen molar-refractivity contribution < 1.29 is 19.5 Å². The molecule has 10 heteroatoms. The minimum absolute atomic E-state index is 0.0497. The fourth-order valence-electron chi connectivity index (χ4n) is 3.24. The van der Waals surface area contributed by atoms with Crippen LogP contribution in [0, 0.1) is 5.41 Å². The van der Waals surface area contributed by atoms with Crippen LogP contribution in [-0.4, -0.2) is 48.0 Å². The van der Waals surface area contributed by atoms with Crippen molar-refractivity contribution in [3.05, 3.63) is 54.1 Å². The molecule has 0 saturated heterocycles. The van der Waals surface area contributed by atoms with Crippen LogP contribution in [0.3, 0.4) is 0 Å². The third kappa shape index (κ3) is 8.91. The van der Waals surface area contributed by atoms with Gasteiger partial charge < -0.3 is 32.5 Å². The summed E-state index contributed by atoms with van der Waals surface area (Å²) in [4.78, 5) is 35.9. The van der Waals surface area contributed by atoms with Gasteiger partial charge in [-0.05, 0) is 67.6 Å². The van der Waals surface area contributed by atoms with Crippen LogP contribution in [-0.2, 0) is 9.59 Å². The number of hydrogen-bond acceptors (Lipinski definition) is 5. The predicted octanol–water partition coefficient (Wildman–Crippen LogP) is 1.87. The summed E-state index contributed by atoms with van der Waals surface area (Å²) < 4.78 is 0. The Labute approximate surface area is 198 Å². The Balaban J connectivity index is 1.93. The van der Waals surface area contributed by atoms with Crippen molar-refractivity contribution in [3.8, 4) is 11.1 Å². The van der Waals surface area contributed by atoms with Gasteiger partial charge in [0.15, 0.2) is 5.96 Å². The molecule has 0 fully saturated rings. The Hall–Kier alpha value is -3.92. The van der Waals surface area contributed by atoms with Gasteiger partial charge in [-0.25, -0.2) is 4.79 Å². The molecular formula is C24H32N6O4. The summed E-state index contributed by atoms with van der Waals surface area (Å²) in [6.45, 7) is 0.920. The average molecular weight is 469 g/mol. The molecule has 0 saturated carbocycles. The molecule has 1 atom stereocenters. The SMILES string of the molecule is N=C(N)NCCC[C@H](NC(=O)c1ccc(-c2ccc(NC(=O)CCCCN)cc2)cc1)C(=O)O. The number of aliphatic carboxylic acids is 1. The van der Waals surface area contributed by atoms with Crippen molar-refractivity contribution in [3.63, 3.8) is 0 Å². The summed E-state index contributed by atoms with van der Waals surface area (Å²) in [6, 6.07) is 13.2. The Bertz CT molecular complexity index is 976. The molecule has 34 heavy (non-hydrogen) atoms. The van der Waals surface area contributed by atoms with Crippen molar-refractivity contribution >= 4 is 29.4 Å². The standard InChI is InChI=1S/C24H32N6O4/c25-14-2-1-5-21(31)29-19-12-10-17(11-13-19)16-6-8-18(9-7-16)22(32)30-20(23(33)34)4-3-15-28-24(26)27/h6-13,20H,1-5,14-15,25H2,(H,29,31)(H,30,32)(H,33,34)(H4,26,27,28)/t20-/m0/s1. The highest BCUT2D eigenvalue weighted by Crippen LogP contribution is 2.22. The summed E-state index contributed by atoms with van der Waals surface area (Å²) in [5, 5.41) is 24.4. The third-order valence-corrected chi connectivity index (χ3v) is 5.10. The lowest BCUT2D eigenvalue weighted by atomic mass is 10.0. The molecule has 0 aromatic heterocycles. The van der Waals surface area contributed by atoms with Gasteiger partial charge in [-0.3, -0.25) is 15.0 Å². The average Bonchev–Trinajstić information content (AvgIpc) is 2.81. The molecule has 2 aromatic rings. The number of carboxylic acids is 1. The minimum Gasteiger partial charge on any atom is -0.480 e. The van der Waals surface area contributed by atoms with Crippen molar-refractivity contribution in [1.29, 1.82) is 5.41 Å². The number of rotatable bonds is 13. The Kier molecular flexibility index (Phi) is 10.5. The number of anilines is 1. The lowest BCUT2D eigenvalue weighted by molar-refractivity contribution is -0.139. The van der Waals surface area contributed by atoms with Crippen molar-refractivity contribution in [1.82, 2.24) is 10.6 Å². The molecule has 10 nitrogen and oxygen atoms in total. The highest BCUT2D eigenvalue weighted by Gasteiger charge is 2.20. The van der Waals surface area contributed by atoms with Gasteiger partial charge in [0.05, 0.1) is 0 Å². The molecule has 2 rings (SSSR count). The summed E-state index contributed by atoms with van der Waals surface area (Å²) in [5.41, 5.74) is 13.5. The normalized spacial score (nSPS) is 11.3. The number of amides is 2. The number of carbonyl (C=O) groups is 3. The van der Waals surface area contributed by atoms with Gasteiger partial charge in [0.2, 0.25) is 5.91 Å². The molecule has 2 aromatic carbocycles. The molecule has 2 amide bonds. The van der Waals surface area contributed by atoms with Crippen LogP contribution in [0.5, 0.6) is 0 Å². The number of nitrogens with one attached hydrogen (secondary N) is 4. The maximum atomic E-state index is 12.5. The molecule has 0 radical (unpaired) electrons. The monoisotopic (exact) mass is 468 g/mol. The second-order valence-corrected chi connectivity index (χ2v) is 7.80. The molecule has 0 aliphatic heterocycles. The molecule has 0 heterocycles. The molecule has 9 N–H and O–H groups in total. The van der Waals surface area contributed by atoms with E-state index in [1.54, 1.807) is 24.3 Å². The molecule has 0 bridgehead atoms. The first-order chi connectivity index (χ1) is 16.3. The highest BCUT2D eigenvalue weighted by molar-refractivity contribution is 5.97. The Morgan fingerprint density at radius 1 is 0.941 bits per heavy atom. The second kappa shape index (κ2) is 13.6. The summed E-state index contributed by atoms with van der Waals surface area (Å²) in [7, 11) is 0. The third-order valence-electron chi connectivity index (χ3n) is 5.10. The van der Waals surface area contributed by atoms with Crippen LogP contribution in [0.25, 0.3) is 11.1 Å². The number of guanidine groups is 1. The van der Waals surface area contributed by atoms with Crippen molar-refractivity contribution in [2.45, 2.75) is 38.1 Å². The maximum Gasteiger partial charge on any atom is 0.326 e. The first-order valence-corrected chi connectivity index (χ1v) is 11.1. The fourth-order valence-corrected chi connectivity index (χ4v) is 3.24. The van der Waals surface area contributed by atoms with Crippen LogP contribution >= 0.6 is 0 Å². The number of carbonyl (C=O) groups excluding carboxylic acids is 2. The number of benzene rings is 2. The first kappa shape index (κ1) is 26.3. The molecule has 0 aliphatic carbocycles. The molecule has 0 spiro atoms. The van der Waals surface area contributed by atoms with Gasteiger partial charge in [0, 0.05) is 24.2 Å². The maximum absolute atomic E-state index is 12.5. The van der Waals surface area contributed by atoms with E-state index in [2.05, 4.69) is 16.0 Å². The Morgan fingerprint density at radius 2 is 1.56 bits per heavy atom. The van der Waals surface area contributed by atoms with Gasteiger partial charge in [-0.1, -0.05) is 24.3 Å². The predicted molar refractivity (Wildman–Crippen MR) is 131 cm³/mol. The van der Waals surface area contributed by atoms with Crippen LogP contribution < -0.4 is 27.4 Å². The topological polar surface area (TPSA) is 183 Å². The second-order valence-electron chi connectivity index (χ2n) is 7.80. The van der Waals surface area contributed by atoms with Gasteiger partial charge in [-0.2, -0.15) is 0 Å². The quantitative estimate of drug-likeness (QED) is 0.133. The number of carboxylic acid groups (broad SMARTS) is 1. The summed E-state index contributed by atoms with van der Waals surface area (Å²) >= 11 is 0. The largest absolute Gasteiger partial charge is 0.480 e. The van der Waals surface area contributed by atoms with Gasteiger partial charge in [0.25, 0.3) is 5.91 Å². The van der Waals surface area contributed by atoms with E-state index in [1.165, 1.54) is 0 Å². The van der Waals surface area contributed by atoms with E-state index in [9.17, 15) is 19.5 Å². The summed E-state index contributed by atoms with van der Waals surface area (Å²) in [6.07, 6.45) is 2.64. The van der Waals surface area contributed by atoms with Crippen LogP contribution in [0.1, 0.15) is 42.5 Å². The molecule has 0 unspecified atom stereocenters. The van der Waals surface area contributed by atoms with Gasteiger partial charge in [-0.15, -0.1) is 0 Å². The first-order valence-electron chi connectivity index (χ1n) is 11.1. The zero-order chi connectivity index (χ0) is 24.9. The Morgan fingerprint density at radius 3 is 2.12 bits per heavy atom. The van der Waals surface area contributed by atoms with E-state index in [0.29, 0.717) is 37.2 Å². The van der Waals surface area contributed by atoms with E-state index >= 15 is 0 Å². The smallest absolute Gasteiger partial charge is 0.326 e. The van der Waals surface area contributed by atoms with E-state index in [0.717, 1.165) is 24.0 Å². The summed E-state index contributed by atoms with van der Waals surface area (Å²) in [5.74, 6) is -1.84. The zero-order valence-electron chi connectivity index (χ0n) is 19.0. The number of nitrogens with two attached hydrogens (primary N) is 2. The molecule has 0 aliphatic rings. The van der Waals surface area contributed by atoms with E-state index in [-0.39, 0.29) is 18.3 Å². The van der Waals surface area contributed by atoms with Gasteiger partial charge >= 0.3 is 5.97 Å². The number of unbranched alkanes of at least 4 members (excludes halogenated alkanes) is 1. The lowest BCUT2D eigenvalue weighted by Gasteiger charge is -2.15. The van der Waals surface area contributed by atoms with Crippen molar-refractivity contribution in [2.24, 2.45) is 11.5 Å². The fraction of sp³-hybridized carbons (Fsp3) is 0.333. The van der Waals surface area contributed by atoms with Crippen LogP contribution in [0.15, 0.2) is 48.5 Å². The van der Waals surface area contributed by atoms with Crippen LogP contribution in [0.2, 0.25) is 0 Å². The highest BCUT2D eigenvalue weighted by atomic mass is 16.4. The van der Waals surface area contributed by atoms with E-state index in [1.807, 2.05) is 24.3 Å². The number of hydrogen-bond donors (Lipinski definition) is 7. The lowest BCUT2D eigenvalue weighted by Crippen LogP contribution is -2.41. The van der Waals surface area contributed by atoms with Crippen molar-refractivity contribution in [2.75, 3.05) is 18.4 Å². The molecular weight excluding hydrogens is 436 g/mol. The van der Waals surface area contributed by atoms with E-state index in [4.69, 9.17) is 16.9 Å². The van der Waals surface area contributed by atoms with Crippen LogP contribution in [0.4, 0.5) is 5.69 Å². The van der Waals surface area contributed by atoms with Gasteiger partial charge in [0.1, 0.15) is 6.04 Å². The minimum atomic E-state index is -1.13.